The summed E-state index contributed by atoms with van der Waals surface area (Å²) in [5, 5.41) is 14.4. The first-order valence-electron chi connectivity index (χ1n) is 16.9. The number of carbonyl (C=O) groups is 4. The second-order valence-corrected chi connectivity index (χ2v) is 14.2. The van der Waals surface area contributed by atoms with E-state index in [1.54, 1.807) is 51.3 Å². The summed E-state index contributed by atoms with van der Waals surface area (Å²) < 4.78 is 35.0. The molecule has 0 radical (unpaired) electrons. The maximum atomic E-state index is 14.2. The van der Waals surface area contributed by atoms with E-state index in [4.69, 9.17) is 40.0 Å². The van der Waals surface area contributed by atoms with Crippen molar-refractivity contribution in [1.29, 1.82) is 0 Å². The van der Waals surface area contributed by atoms with Crippen molar-refractivity contribution < 1.29 is 52.7 Å². The van der Waals surface area contributed by atoms with E-state index >= 15 is 0 Å². The Kier molecular flexibility index (Phi) is 12.5. The van der Waals surface area contributed by atoms with Crippen molar-refractivity contribution in [3.8, 4) is 5.75 Å². The van der Waals surface area contributed by atoms with Gasteiger partial charge in [-0.1, -0.05) is 43.3 Å². The number of alkyl carbamates (subject to hydrolysis) is 1. The minimum Gasteiger partial charge on any atom is -0.495 e. The zero-order valence-electron chi connectivity index (χ0n) is 31.4. The molecule has 9 atom stereocenters. The number of fused-ring (bicyclic) bond motifs is 5. The van der Waals surface area contributed by atoms with E-state index in [-0.39, 0.29) is 23.4 Å². The number of methoxy groups -OCH3 is 3. The number of ether oxygens (including phenoxy) is 6. The monoisotopic (exact) mass is 747 g/mol. The van der Waals surface area contributed by atoms with Crippen LogP contribution in [0.5, 0.6) is 5.75 Å². The Labute approximate surface area is 309 Å². The van der Waals surface area contributed by atoms with Crippen LogP contribution in [0.3, 0.4) is 0 Å². The van der Waals surface area contributed by atoms with Gasteiger partial charge in [0, 0.05) is 46.2 Å². The third-order valence-electron chi connectivity index (χ3n) is 10.2. The van der Waals surface area contributed by atoms with E-state index in [0.717, 1.165) is 5.57 Å². The van der Waals surface area contributed by atoms with Gasteiger partial charge in [-0.05, 0) is 51.0 Å². The number of amides is 3. The fourth-order valence-corrected chi connectivity index (χ4v) is 7.09. The molecule has 3 aliphatic rings. The number of likely N-dealkylation sites (N-methyl/N-ethyl adjacent to an activating group) is 1. The highest BCUT2D eigenvalue weighted by Gasteiger charge is 2.64. The molecule has 2 N–H and O–H groups in total. The molecule has 3 aliphatic heterocycles. The summed E-state index contributed by atoms with van der Waals surface area (Å²) in [6.07, 6.45) is -0.549. The number of hydrogen-bond acceptors (Lipinski definition) is 11. The van der Waals surface area contributed by atoms with Crippen molar-refractivity contribution in [2.45, 2.75) is 95.3 Å². The van der Waals surface area contributed by atoms with Gasteiger partial charge in [0.25, 0.3) is 0 Å². The van der Waals surface area contributed by atoms with Gasteiger partial charge in [-0.2, -0.15) is 0 Å². The smallest absolute Gasteiger partial charge is 0.409 e. The number of nitrogens with zero attached hydrogens (tertiary/aromatic N) is 2. The van der Waals surface area contributed by atoms with Gasteiger partial charge in [0.1, 0.15) is 46.8 Å². The molecule has 0 aliphatic carbocycles. The molecule has 4 rings (SSSR count). The maximum Gasteiger partial charge on any atom is 0.409 e. The summed E-state index contributed by atoms with van der Waals surface area (Å²) in [4.78, 5) is 55.8. The largest absolute Gasteiger partial charge is 0.495 e. The number of carbonyl (C=O) groups excluding carboxylic acids is 4. The number of anilines is 1. The van der Waals surface area contributed by atoms with Crippen molar-refractivity contribution >= 4 is 41.2 Å². The van der Waals surface area contributed by atoms with Gasteiger partial charge in [-0.15, -0.1) is 0 Å². The van der Waals surface area contributed by atoms with E-state index in [1.165, 1.54) is 52.0 Å². The van der Waals surface area contributed by atoms with Crippen molar-refractivity contribution in [3.63, 3.8) is 0 Å². The highest BCUT2D eigenvalue weighted by atomic mass is 35.5. The van der Waals surface area contributed by atoms with Crippen LogP contribution >= 0.6 is 11.6 Å². The highest BCUT2D eigenvalue weighted by molar-refractivity contribution is 6.35. The van der Waals surface area contributed by atoms with E-state index in [2.05, 4.69) is 11.9 Å². The quantitative estimate of drug-likeness (QED) is 0.233. The Morgan fingerprint density at radius 1 is 1.21 bits per heavy atom. The molecule has 3 amide bonds. The lowest BCUT2D eigenvalue weighted by atomic mass is 9.83. The molecule has 15 heteroatoms. The molecule has 14 nitrogen and oxygen atoms in total. The molecular weight excluding hydrogens is 698 g/mol. The van der Waals surface area contributed by atoms with Crippen molar-refractivity contribution in [3.05, 3.63) is 58.7 Å². The molecule has 1 aromatic carbocycles. The lowest BCUT2D eigenvalue weighted by Gasteiger charge is -2.42. The molecule has 9 unspecified atom stereocenters. The summed E-state index contributed by atoms with van der Waals surface area (Å²) in [6.45, 7) is 12.0. The first-order valence-corrected chi connectivity index (χ1v) is 17.3. The number of rotatable bonds is 7. The summed E-state index contributed by atoms with van der Waals surface area (Å²) in [7, 11) is 7.40. The predicted octanol–water partition coefficient (Wildman–Crippen LogP) is 4.24. The molecule has 3 heterocycles. The molecule has 2 saturated heterocycles. The lowest BCUT2D eigenvalue weighted by Crippen LogP contribution is -2.63. The van der Waals surface area contributed by atoms with Gasteiger partial charge in [-0.25, -0.2) is 9.59 Å². The zero-order valence-corrected chi connectivity index (χ0v) is 32.1. The van der Waals surface area contributed by atoms with Gasteiger partial charge in [0.2, 0.25) is 11.8 Å². The Morgan fingerprint density at radius 3 is 2.48 bits per heavy atom. The molecule has 52 heavy (non-hydrogen) atoms. The zero-order chi connectivity index (χ0) is 38.9. The Bertz CT molecular complexity index is 1650. The van der Waals surface area contributed by atoms with Crippen LogP contribution in [-0.2, 0) is 38.1 Å². The number of aliphatic hydroxyl groups is 1. The fraction of sp³-hybridized carbons (Fsp3) is 0.568. The number of allylic oxidation sites excluding steroid dienone is 2. The molecule has 2 fully saturated rings. The van der Waals surface area contributed by atoms with Crippen LogP contribution in [-0.4, -0.2) is 111 Å². The predicted molar refractivity (Wildman–Crippen MR) is 192 cm³/mol. The average Bonchev–Trinajstić information content (AvgIpc) is 3.79. The van der Waals surface area contributed by atoms with E-state index in [0.29, 0.717) is 17.0 Å². The van der Waals surface area contributed by atoms with Crippen LogP contribution < -0.4 is 15.0 Å². The topological polar surface area (TPSA) is 166 Å². The first kappa shape index (κ1) is 40.8. The van der Waals surface area contributed by atoms with Crippen molar-refractivity contribution in [2.75, 3.05) is 40.3 Å². The maximum absolute atomic E-state index is 14.2. The van der Waals surface area contributed by atoms with Gasteiger partial charge < -0.3 is 43.3 Å². The molecule has 0 spiro atoms. The lowest BCUT2D eigenvalue weighted by molar-refractivity contribution is -0.161. The number of esters is 1. The standard InChI is InChI=1S/C37H50ClN3O11/c1-19(2)33(43)40(7)22(5)34(44)51-28-17-29(42)41(8)24-15-23(16-25(47-9)30(24)38)31(49-11)20(3)13-12-14-27(48-10)37(46)18-26(50-35(45)39-37)21(4)32-36(28,6)52-32/h12-16,21-22,26-28,31-32,46H,1,17-18H2,2-11H3,(H,39,45)/b14-12+,20-13?. The minimum absolute atomic E-state index is 0.0802. The third kappa shape index (κ3) is 8.16. The Morgan fingerprint density at radius 2 is 1.88 bits per heavy atom. The minimum atomic E-state index is -1.87. The molecule has 0 aromatic heterocycles. The highest BCUT2D eigenvalue weighted by Crippen LogP contribution is 2.49. The van der Waals surface area contributed by atoms with Gasteiger partial charge >= 0.3 is 12.1 Å². The van der Waals surface area contributed by atoms with E-state index in [1.807, 2.05) is 6.92 Å². The molecule has 4 bridgehead atoms. The van der Waals surface area contributed by atoms with Gasteiger partial charge in [-0.3, -0.25) is 14.9 Å². The number of epoxide rings is 1. The number of halogens is 1. The van der Waals surface area contributed by atoms with E-state index in [9.17, 15) is 24.3 Å². The van der Waals surface area contributed by atoms with Crippen LogP contribution in [0.4, 0.5) is 10.5 Å². The van der Waals surface area contributed by atoms with Crippen molar-refractivity contribution in [1.82, 2.24) is 10.2 Å². The first-order chi connectivity index (χ1) is 24.3. The van der Waals surface area contributed by atoms with Crippen LogP contribution in [0.2, 0.25) is 5.02 Å². The molecule has 286 valence electrons. The van der Waals surface area contributed by atoms with Crippen LogP contribution in [0.1, 0.15) is 59.1 Å². The summed E-state index contributed by atoms with van der Waals surface area (Å²) in [5.41, 5.74) is -1.20. The van der Waals surface area contributed by atoms with Gasteiger partial charge in [0.05, 0.1) is 25.3 Å². The second-order valence-electron chi connectivity index (χ2n) is 13.9. The normalized spacial score (nSPS) is 31.9. The van der Waals surface area contributed by atoms with Gasteiger partial charge in [0.15, 0.2) is 5.72 Å². The van der Waals surface area contributed by atoms with Crippen LogP contribution in [0.15, 0.2) is 48.1 Å². The Balaban J connectivity index is 1.84. The van der Waals surface area contributed by atoms with Crippen molar-refractivity contribution in [2.24, 2.45) is 5.92 Å². The number of nitrogens with one attached hydrogen (secondary N) is 1. The van der Waals surface area contributed by atoms with E-state index < -0.39 is 77.7 Å². The SMILES string of the molecule is C=C(C)C(=O)N(C)C(C)C(=O)OC1CC(=O)N(C)c2cc(cc(OC)c2Cl)C(OC)C(C)=C/C=C/C(OC)C2(O)CC(OC(=O)N2)C(C)C2OC12C. The summed E-state index contributed by atoms with van der Waals surface area (Å²) >= 11 is 6.78. The second kappa shape index (κ2) is 16.0. The van der Waals surface area contributed by atoms with Crippen LogP contribution in [0.25, 0.3) is 0 Å². The number of benzene rings is 1. The Hall–Kier alpha value is -3.95. The summed E-state index contributed by atoms with van der Waals surface area (Å²) in [5.74, 6) is -1.96. The molecule has 1 aromatic rings. The van der Waals surface area contributed by atoms with Crippen LogP contribution in [0, 0.1) is 5.92 Å². The fourth-order valence-electron chi connectivity index (χ4n) is 6.77. The third-order valence-corrected chi connectivity index (χ3v) is 10.6. The number of hydrogen-bond donors (Lipinski definition) is 2. The average molecular weight is 748 g/mol. The summed E-state index contributed by atoms with van der Waals surface area (Å²) in [6, 6.07) is 2.38. The molecular formula is C37H50ClN3O11. The molecule has 0 saturated carbocycles.